The van der Waals surface area contributed by atoms with Gasteiger partial charge in [0.1, 0.15) is 6.04 Å². The lowest BCUT2D eigenvalue weighted by Crippen LogP contribution is -2.52. The van der Waals surface area contributed by atoms with Gasteiger partial charge in [0.25, 0.3) is 5.91 Å². The third kappa shape index (κ3) is 3.14. The molecule has 3 atom stereocenters. The van der Waals surface area contributed by atoms with Gasteiger partial charge in [-0.2, -0.15) is 0 Å². The zero-order valence-corrected chi connectivity index (χ0v) is 14.6. The lowest BCUT2D eigenvalue weighted by atomic mass is 9.93. The molecule has 3 fully saturated rings. The fourth-order valence-corrected chi connectivity index (χ4v) is 4.09. The van der Waals surface area contributed by atoms with Crippen molar-refractivity contribution in [3.05, 3.63) is 0 Å². The number of nitrogens with zero attached hydrogens (tertiary/aromatic N) is 2. The maximum Gasteiger partial charge on any atom is 0.327 e. The van der Waals surface area contributed by atoms with E-state index in [1.165, 1.54) is 11.3 Å². The molecule has 4 amide bonds. The van der Waals surface area contributed by atoms with Crippen molar-refractivity contribution in [1.29, 1.82) is 0 Å². The molecule has 0 radical (unpaired) electrons. The van der Waals surface area contributed by atoms with Crippen molar-refractivity contribution in [2.75, 3.05) is 13.6 Å². The van der Waals surface area contributed by atoms with E-state index < -0.39 is 6.04 Å². The van der Waals surface area contributed by atoms with E-state index >= 15 is 0 Å². The van der Waals surface area contributed by atoms with Crippen LogP contribution in [0.4, 0.5) is 4.79 Å². The van der Waals surface area contributed by atoms with Crippen molar-refractivity contribution in [3.8, 4) is 0 Å². The number of nitrogens with one attached hydrogen (secondary N) is 2. The van der Waals surface area contributed by atoms with E-state index in [4.69, 9.17) is 0 Å². The summed E-state index contributed by atoms with van der Waals surface area (Å²) in [4.78, 5) is 40.7. The first-order valence-corrected chi connectivity index (χ1v) is 9.14. The molecule has 1 aliphatic carbocycles. The van der Waals surface area contributed by atoms with Crippen LogP contribution in [0.5, 0.6) is 0 Å². The van der Waals surface area contributed by atoms with Crippen LogP contribution in [-0.2, 0) is 9.59 Å². The quantitative estimate of drug-likeness (QED) is 0.746. The van der Waals surface area contributed by atoms with Crippen molar-refractivity contribution in [2.45, 2.75) is 76.0 Å². The molecule has 0 aromatic rings. The van der Waals surface area contributed by atoms with Gasteiger partial charge in [-0.1, -0.05) is 19.3 Å². The Morgan fingerprint density at radius 1 is 1.17 bits per heavy atom. The van der Waals surface area contributed by atoms with Gasteiger partial charge in [-0.05, 0) is 39.7 Å². The van der Waals surface area contributed by atoms with Crippen LogP contribution in [0.15, 0.2) is 0 Å². The second-order valence-corrected chi connectivity index (χ2v) is 7.23. The Bertz CT molecular complexity index is 518. The van der Waals surface area contributed by atoms with Gasteiger partial charge in [0.15, 0.2) is 0 Å². The summed E-state index contributed by atoms with van der Waals surface area (Å²) < 4.78 is 0. The number of likely N-dealkylation sites (N-methyl/N-ethyl adjacent to an activating group) is 1. The molecule has 0 aromatic carbocycles. The van der Waals surface area contributed by atoms with Crippen LogP contribution in [-0.4, -0.2) is 65.4 Å². The van der Waals surface area contributed by atoms with Crippen molar-refractivity contribution in [1.82, 2.24) is 20.4 Å². The molecule has 3 aliphatic rings. The summed E-state index contributed by atoms with van der Waals surface area (Å²) in [5.41, 5.74) is 0. The molecule has 2 saturated heterocycles. The number of hydrogen-bond donors (Lipinski definition) is 2. The normalized spacial score (nSPS) is 29.6. The fraction of sp³-hybridized carbons (Fsp3) is 0.824. The van der Waals surface area contributed by atoms with Crippen molar-refractivity contribution in [2.24, 2.45) is 0 Å². The van der Waals surface area contributed by atoms with Crippen LogP contribution in [0.3, 0.4) is 0 Å². The second-order valence-electron chi connectivity index (χ2n) is 7.23. The summed E-state index contributed by atoms with van der Waals surface area (Å²) in [5.74, 6) is -0.121. The third-order valence-electron chi connectivity index (χ3n) is 5.69. The molecule has 0 aromatic heterocycles. The summed E-state index contributed by atoms with van der Waals surface area (Å²) in [5, 5.41) is 5.92. The second kappa shape index (κ2) is 7.09. The van der Waals surface area contributed by atoms with Crippen molar-refractivity contribution >= 4 is 17.8 Å². The molecule has 24 heavy (non-hydrogen) atoms. The van der Waals surface area contributed by atoms with Crippen LogP contribution < -0.4 is 10.6 Å². The molecule has 7 nitrogen and oxygen atoms in total. The van der Waals surface area contributed by atoms with Gasteiger partial charge in [-0.15, -0.1) is 0 Å². The Morgan fingerprint density at radius 3 is 2.54 bits per heavy atom. The largest absolute Gasteiger partial charge is 0.352 e. The maximum atomic E-state index is 12.8. The van der Waals surface area contributed by atoms with E-state index in [1.807, 2.05) is 0 Å². The summed E-state index contributed by atoms with van der Waals surface area (Å²) in [6, 6.07) is -0.754. The van der Waals surface area contributed by atoms with E-state index in [2.05, 4.69) is 10.6 Å². The maximum absolute atomic E-state index is 12.8. The van der Waals surface area contributed by atoms with E-state index in [-0.39, 0.29) is 36.0 Å². The number of rotatable bonds is 4. The highest BCUT2D eigenvalue weighted by molar-refractivity contribution is 6.04. The molecule has 2 N–H and O–H groups in total. The Labute approximate surface area is 143 Å². The molecule has 3 unspecified atom stereocenters. The van der Waals surface area contributed by atoms with Gasteiger partial charge in [0, 0.05) is 18.6 Å². The standard InChI is InChI=1S/C17H28N4O3/c1-11(18-2)15(22)19-12-8-9-20-14(10-12)16(23)21(17(20)24)13-6-4-3-5-7-13/h11-14,18H,3-10H2,1-2H3,(H,19,22). The first kappa shape index (κ1) is 17.2. The molecule has 0 spiro atoms. The summed E-state index contributed by atoms with van der Waals surface area (Å²) in [6.45, 7) is 2.34. The lowest BCUT2D eigenvalue weighted by molar-refractivity contribution is -0.131. The van der Waals surface area contributed by atoms with Crippen LogP contribution in [0, 0.1) is 0 Å². The molecular weight excluding hydrogens is 308 g/mol. The molecule has 2 aliphatic heterocycles. The third-order valence-corrected chi connectivity index (χ3v) is 5.69. The monoisotopic (exact) mass is 336 g/mol. The highest BCUT2D eigenvalue weighted by Crippen LogP contribution is 2.32. The van der Waals surface area contributed by atoms with Crippen molar-refractivity contribution in [3.63, 3.8) is 0 Å². The molecule has 3 rings (SSSR count). The first-order valence-electron chi connectivity index (χ1n) is 9.14. The van der Waals surface area contributed by atoms with Gasteiger partial charge in [-0.25, -0.2) is 4.79 Å². The van der Waals surface area contributed by atoms with Gasteiger partial charge in [-0.3, -0.25) is 14.5 Å². The molecular formula is C17H28N4O3. The zero-order chi connectivity index (χ0) is 17.3. The number of piperidine rings is 1. The summed E-state index contributed by atoms with van der Waals surface area (Å²) >= 11 is 0. The van der Waals surface area contributed by atoms with Crippen LogP contribution >= 0.6 is 0 Å². The number of fused-ring (bicyclic) bond motifs is 1. The van der Waals surface area contributed by atoms with Crippen molar-refractivity contribution < 1.29 is 14.4 Å². The van der Waals surface area contributed by atoms with Gasteiger partial charge in [0.2, 0.25) is 5.91 Å². The predicted octanol–water partition coefficient (Wildman–Crippen LogP) is 0.838. The highest BCUT2D eigenvalue weighted by atomic mass is 16.2. The molecule has 134 valence electrons. The molecule has 2 heterocycles. The van der Waals surface area contributed by atoms with Crippen LogP contribution in [0.2, 0.25) is 0 Å². The van der Waals surface area contributed by atoms with Gasteiger partial charge < -0.3 is 15.5 Å². The highest BCUT2D eigenvalue weighted by Gasteiger charge is 2.50. The van der Waals surface area contributed by atoms with E-state index in [1.54, 1.807) is 18.9 Å². The molecule has 7 heteroatoms. The van der Waals surface area contributed by atoms with Gasteiger partial charge in [0.05, 0.1) is 6.04 Å². The first-order chi connectivity index (χ1) is 11.5. The summed E-state index contributed by atoms with van der Waals surface area (Å²) in [6.07, 6.45) is 6.46. The number of hydrogen-bond acceptors (Lipinski definition) is 4. The predicted molar refractivity (Wildman–Crippen MR) is 89.3 cm³/mol. The van der Waals surface area contributed by atoms with Gasteiger partial charge >= 0.3 is 6.03 Å². The van der Waals surface area contributed by atoms with E-state index in [0.29, 0.717) is 19.4 Å². The minimum atomic E-state index is -0.400. The minimum absolute atomic E-state index is 0.0439. The number of carbonyl (C=O) groups is 3. The Morgan fingerprint density at radius 2 is 1.88 bits per heavy atom. The molecule has 1 saturated carbocycles. The van der Waals surface area contributed by atoms with Crippen LogP contribution in [0.25, 0.3) is 0 Å². The fourth-order valence-electron chi connectivity index (χ4n) is 4.09. The van der Waals surface area contributed by atoms with Crippen LogP contribution in [0.1, 0.15) is 51.9 Å². The lowest BCUT2D eigenvalue weighted by Gasteiger charge is -2.33. The zero-order valence-electron chi connectivity index (χ0n) is 14.6. The van der Waals surface area contributed by atoms with E-state index in [0.717, 1.165) is 25.7 Å². The number of amides is 4. The average Bonchev–Trinajstić information content (AvgIpc) is 2.85. The summed E-state index contributed by atoms with van der Waals surface area (Å²) in [7, 11) is 1.74. The average molecular weight is 336 g/mol. The smallest absolute Gasteiger partial charge is 0.327 e. The number of imide groups is 1. The Hall–Kier alpha value is -1.63. The Balaban J connectivity index is 1.65. The molecule has 0 bridgehead atoms. The number of carbonyl (C=O) groups excluding carboxylic acids is 3. The topological polar surface area (TPSA) is 81.8 Å². The minimum Gasteiger partial charge on any atom is -0.352 e. The Kier molecular flexibility index (Phi) is 5.08. The number of urea groups is 1. The van der Waals surface area contributed by atoms with E-state index in [9.17, 15) is 14.4 Å². The SMILES string of the molecule is CNC(C)C(=O)NC1CCN2C(=O)N(C3CCCCC3)C(=O)C2C1.